The van der Waals surface area contributed by atoms with E-state index in [2.05, 4.69) is 25.1 Å². The molecule has 1 aromatic heterocycles. The van der Waals surface area contributed by atoms with Crippen LogP contribution in [0.3, 0.4) is 0 Å². The smallest absolute Gasteiger partial charge is 0.338 e. The van der Waals surface area contributed by atoms with Crippen LogP contribution in [0.5, 0.6) is 0 Å². The highest BCUT2D eigenvalue weighted by Gasteiger charge is 2.09. The lowest BCUT2D eigenvalue weighted by Crippen LogP contribution is -1.93. The molecule has 0 atom stereocenters. The van der Waals surface area contributed by atoms with Crippen molar-refractivity contribution < 1.29 is 4.79 Å². The second kappa shape index (κ2) is 6.93. The van der Waals surface area contributed by atoms with Gasteiger partial charge in [-0.05, 0) is 36.4 Å². The highest BCUT2D eigenvalue weighted by atomic mass is 16.1. The van der Waals surface area contributed by atoms with E-state index in [9.17, 15) is 4.79 Å². The van der Waals surface area contributed by atoms with Gasteiger partial charge in [-0.3, -0.25) is 4.79 Å². The van der Waals surface area contributed by atoms with Crippen LogP contribution in [0.2, 0.25) is 0 Å². The van der Waals surface area contributed by atoms with Crippen LogP contribution in [-0.2, 0) is 0 Å². The number of fused-ring (bicyclic) bond motifs is 1. The molecular formula is C20H14N5O+. The molecule has 0 saturated carbocycles. The molecule has 26 heavy (non-hydrogen) atoms. The predicted molar refractivity (Wildman–Crippen MR) is 99.0 cm³/mol. The van der Waals surface area contributed by atoms with Crippen LogP contribution in [0.4, 0.5) is 5.69 Å². The number of carbonyl (C=O) groups excluding carboxylic acids is 1. The van der Waals surface area contributed by atoms with Gasteiger partial charge in [0, 0.05) is 11.1 Å². The average Bonchev–Trinajstić information content (AvgIpc) is 3.13. The third-order valence-corrected chi connectivity index (χ3v) is 3.83. The summed E-state index contributed by atoms with van der Waals surface area (Å²) in [6.07, 6.45) is 0. The average molecular weight is 340 g/mol. The molecule has 0 aliphatic carbocycles. The number of nitrogens with zero attached hydrogens (tertiary/aromatic N) is 4. The minimum absolute atomic E-state index is 0.428. The van der Waals surface area contributed by atoms with Crippen molar-refractivity contribution in [3.05, 3.63) is 84.4 Å². The summed E-state index contributed by atoms with van der Waals surface area (Å²) in [6, 6.07) is 24.0. The summed E-state index contributed by atoms with van der Waals surface area (Å²) < 4.78 is 0. The number of para-hydroxylation sites is 2. The summed E-state index contributed by atoms with van der Waals surface area (Å²) in [5.41, 5.74) is 3.82. The lowest BCUT2D eigenvalue weighted by Gasteiger charge is -1.94. The van der Waals surface area contributed by atoms with Crippen LogP contribution in [0.25, 0.3) is 22.4 Å². The Morgan fingerprint density at radius 1 is 0.923 bits per heavy atom. The van der Waals surface area contributed by atoms with Crippen LogP contribution >= 0.6 is 0 Å². The molecule has 4 rings (SSSR count). The van der Waals surface area contributed by atoms with Gasteiger partial charge < -0.3 is 4.98 Å². The van der Waals surface area contributed by atoms with Crippen molar-refractivity contribution >= 4 is 22.6 Å². The van der Waals surface area contributed by atoms with Crippen LogP contribution in [0.15, 0.2) is 89.1 Å². The second-order valence-corrected chi connectivity index (χ2v) is 5.61. The van der Waals surface area contributed by atoms with E-state index in [1.54, 1.807) is 30.3 Å². The number of hydrogen-bond donors (Lipinski definition) is 1. The lowest BCUT2D eigenvalue weighted by atomic mass is 10.2. The van der Waals surface area contributed by atoms with Crippen molar-refractivity contribution in [3.63, 3.8) is 0 Å². The molecule has 0 fully saturated rings. The molecule has 0 radical (unpaired) electrons. The third kappa shape index (κ3) is 3.31. The number of nitrogens with one attached hydrogen (secondary N) is 1. The van der Waals surface area contributed by atoms with Crippen LogP contribution < -0.4 is 4.91 Å². The van der Waals surface area contributed by atoms with Crippen LogP contribution in [0.1, 0.15) is 10.4 Å². The van der Waals surface area contributed by atoms with Gasteiger partial charge in [-0.1, -0.05) is 42.5 Å². The van der Waals surface area contributed by atoms with Gasteiger partial charge in [0.15, 0.2) is 10.8 Å². The van der Waals surface area contributed by atoms with Gasteiger partial charge in [0.05, 0.1) is 11.0 Å². The van der Waals surface area contributed by atoms with Gasteiger partial charge in [0.25, 0.3) is 0 Å². The summed E-state index contributed by atoms with van der Waals surface area (Å²) in [7, 11) is 0. The fourth-order valence-electron chi connectivity index (χ4n) is 2.56. The Kier molecular flexibility index (Phi) is 4.16. The predicted octanol–water partition coefficient (Wildman–Crippen LogP) is 4.67. The van der Waals surface area contributed by atoms with Crippen molar-refractivity contribution in [2.75, 3.05) is 0 Å². The lowest BCUT2D eigenvalue weighted by molar-refractivity contribution is 0.0992. The molecule has 124 valence electrons. The first-order valence-electron chi connectivity index (χ1n) is 8.06. The first-order chi connectivity index (χ1) is 12.8. The number of rotatable bonds is 3. The topological polar surface area (TPSA) is 84.6 Å². The maximum atomic E-state index is 11.9. The first kappa shape index (κ1) is 15.6. The standard InChI is InChI=1S/C20H13N5O/c26-20(14-7-2-1-3-8-14)24-25-23-16-10-6-9-15(13-16)19-21-17-11-4-5-12-18(17)22-19/h1-13H/p+1. The van der Waals surface area contributed by atoms with Crippen molar-refractivity contribution in [1.82, 2.24) is 14.9 Å². The summed E-state index contributed by atoms with van der Waals surface area (Å²) in [5.74, 6) is 0.323. The normalized spacial score (nSPS) is 10.3. The highest BCUT2D eigenvalue weighted by Crippen LogP contribution is 2.23. The number of H-pyrrole nitrogens is 1. The van der Waals surface area contributed by atoms with Gasteiger partial charge in [0.2, 0.25) is 10.0 Å². The third-order valence-electron chi connectivity index (χ3n) is 3.83. The summed E-state index contributed by atoms with van der Waals surface area (Å²) >= 11 is 0. The number of carbonyl (C=O) groups is 1. The minimum Gasteiger partial charge on any atom is -0.338 e. The fourth-order valence-corrected chi connectivity index (χ4v) is 2.56. The van der Waals surface area contributed by atoms with E-state index in [1.165, 1.54) is 0 Å². The van der Waals surface area contributed by atoms with Crippen LogP contribution in [-0.4, -0.2) is 15.9 Å². The molecular weight excluding hydrogens is 326 g/mol. The van der Waals surface area contributed by atoms with Gasteiger partial charge in [-0.15, -0.1) is 0 Å². The van der Waals surface area contributed by atoms with Gasteiger partial charge in [-0.2, -0.15) is 0 Å². The minimum atomic E-state index is -0.428. The van der Waals surface area contributed by atoms with E-state index >= 15 is 0 Å². The van der Waals surface area contributed by atoms with Crippen LogP contribution in [0, 0.1) is 0 Å². The van der Waals surface area contributed by atoms with Crippen molar-refractivity contribution in [1.29, 1.82) is 0 Å². The van der Waals surface area contributed by atoms with Gasteiger partial charge in [-0.25, -0.2) is 4.98 Å². The molecule has 0 unspecified atom stereocenters. The molecule has 3 aromatic carbocycles. The summed E-state index contributed by atoms with van der Waals surface area (Å²) in [5, 5.41) is 7.63. The molecule has 1 N–H and O–H groups in total. The molecule has 1 heterocycles. The van der Waals surface area contributed by atoms with E-state index < -0.39 is 5.91 Å². The Bertz CT molecular complexity index is 1110. The molecule has 6 heteroatoms. The van der Waals surface area contributed by atoms with Gasteiger partial charge in [0.1, 0.15) is 5.82 Å². The Morgan fingerprint density at radius 2 is 1.73 bits per heavy atom. The zero-order chi connectivity index (χ0) is 17.8. The first-order valence-corrected chi connectivity index (χ1v) is 8.06. The Balaban J connectivity index is 1.59. The van der Waals surface area contributed by atoms with E-state index in [0.29, 0.717) is 11.3 Å². The Morgan fingerprint density at radius 3 is 2.58 bits per heavy atom. The Hall–Kier alpha value is -3.89. The van der Waals surface area contributed by atoms with Crippen molar-refractivity contribution in [3.8, 4) is 11.4 Å². The highest BCUT2D eigenvalue weighted by molar-refractivity contribution is 5.94. The fraction of sp³-hybridized carbons (Fsp3) is 0. The molecule has 6 nitrogen and oxygen atoms in total. The van der Waals surface area contributed by atoms with E-state index in [4.69, 9.17) is 0 Å². The molecule has 0 spiro atoms. The zero-order valence-electron chi connectivity index (χ0n) is 13.7. The molecule has 0 bridgehead atoms. The molecule has 1 amide bonds. The number of amides is 1. The molecule has 0 saturated heterocycles. The van der Waals surface area contributed by atoms with E-state index in [1.807, 2.05) is 48.5 Å². The molecule has 0 aliphatic rings. The van der Waals surface area contributed by atoms with Gasteiger partial charge >= 0.3 is 5.91 Å². The van der Waals surface area contributed by atoms with E-state index in [-0.39, 0.29) is 0 Å². The van der Waals surface area contributed by atoms with Crippen molar-refractivity contribution in [2.45, 2.75) is 0 Å². The SMILES string of the molecule is O=C(N=[N+]=Nc1cccc(-c2nc3ccccc3[nH]2)c1)c1ccccc1. The summed E-state index contributed by atoms with van der Waals surface area (Å²) in [6.45, 7) is 0. The number of hydrogen-bond acceptors (Lipinski definition) is 3. The molecule has 0 aliphatic heterocycles. The monoisotopic (exact) mass is 340 g/mol. The Labute approximate surface area is 149 Å². The van der Waals surface area contributed by atoms with Crippen molar-refractivity contribution in [2.24, 2.45) is 10.2 Å². The number of aromatic amines is 1. The maximum Gasteiger partial charge on any atom is 0.360 e. The zero-order valence-corrected chi connectivity index (χ0v) is 13.7. The number of imidazole rings is 1. The summed E-state index contributed by atoms with van der Waals surface area (Å²) in [4.78, 5) is 23.4. The van der Waals surface area contributed by atoms with E-state index in [0.717, 1.165) is 22.4 Å². The maximum absolute atomic E-state index is 11.9. The quantitative estimate of drug-likeness (QED) is 0.434. The largest absolute Gasteiger partial charge is 0.360 e. The second-order valence-electron chi connectivity index (χ2n) is 5.61. The number of aromatic nitrogens is 2. The molecule has 4 aromatic rings. The number of benzene rings is 3.